The van der Waals surface area contributed by atoms with E-state index in [0.29, 0.717) is 11.7 Å². The molecule has 0 saturated heterocycles. The third-order valence-electron chi connectivity index (χ3n) is 1.82. The van der Waals surface area contributed by atoms with E-state index in [2.05, 4.69) is 20.8 Å². The van der Waals surface area contributed by atoms with Gasteiger partial charge in [0.1, 0.15) is 0 Å². The average Bonchev–Trinajstić information content (AvgIpc) is 2.70. The lowest BCUT2D eigenvalue weighted by atomic mass is 10.3. The molecule has 0 aliphatic rings. The highest BCUT2D eigenvalue weighted by atomic mass is 32.2. The van der Waals surface area contributed by atoms with Gasteiger partial charge in [-0.05, 0) is 24.3 Å². The number of aromatic nitrogens is 4. The Labute approximate surface area is 108 Å². The first kappa shape index (κ1) is 14.4. The zero-order valence-corrected chi connectivity index (χ0v) is 11.0. The lowest BCUT2D eigenvalue weighted by molar-refractivity contribution is -0.134. The zero-order chi connectivity index (χ0) is 13.5. The van der Waals surface area contributed by atoms with Crippen molar-refractivity contribution in [2.24, 2.45) is 0 Å². The Hall–Kier alpha value is -1.64. The molecule has 1 aromatic heterocycles. The molecule has 0 bridgehead atoms. The Balaban J connectivity index is 2.45. The van der Waals surface area contributed by atoms with Gasteiger partial charge in [-0.2, -0.15) is 0 Å². The Morgan fingerprint density at radius 1 is 1.50 bits per heavy atom. The monoisotopic (exact) mass is 273 g/mol. The third-order valence-corrected chi connectivity index (χ3v) is 2.77. The highest BCUT2D eigenvalue weighted by molar-refractivity contribution is 7.99. The first-order valence-electron chi connectivity index (χ1n) is 5.39. The molecule has 18 heavy (non-hydrogen) atoms. The van der Waals surface area contributed by atoms with Gasteiger partial charge < -0.3 is 10.4 Å². The van der Waals surface area contributed by atoms with E-state index in [0.717, 1.165) is 11.8 Å². The van der Waals surface area contributed by atoms with Crippen LogP contribution < -0.4 is 5.32 Å². The van der Waals surface area contributed by atoms with E-state index in [4.69, 9.17) is 5.11 Å². The number of nitrogens with zero attached hydrogens (tertiary/aromatic N) is 4. The molecular formula is C9H15N5O3S. The fourth-order valence-electron chi connectivity index (χ4n) is 1.17. The molecule has 1 aromatic rings. The quantitative estimate of drug-likeness (QED) is 0.660. The highest BCUT2D eigenvalue weighted by Crippen LogP contribution is 2.13. The second kappa shape index (κ2) is 6.94. The van der Waals surface area contributed by atoms with Crippen LogP contribution in [0.25, 0.3) is 0 Å². The minimum absolute atomic E-state index is 0.0883. The molecule has 9 heteroatoms. The summed E-state index contributed by atoms with van der Waals surface area (Å²) < 4.78 is 1.42. The number of carbonyl (C=O) groups is 2. The van der Waals surface area contributed by atoms with Crippen molar-refractivity contribution in [2.75, 3.05) is 5.75 Å². The standard InChI is InChI=1S/C9H15N5O3S/c1-6(2)10-7(15)3-4-14-9(11-12-13-14)18-5-8(16)17/h6H,3-5H2,1-2H3,(H,10,15)(H,16,17). The summed E-state index contributed by atoms with van der Waals surface area (Å²) in [5.74, 6) is -1.14. The smallest absolute Gasteiger partial charge is 0.313 e. The zero-order valence-electron chi connectivity index (χ0n) is 10.2. The minimum atomic E-state index is -0.938. The molecule has 0 saturated carbocycles. The van der Waals surface area contributed by atoms with Gasteiger partial charge in [0.05, 0.1) is 12.3 Å². The predicted octanol–water partition coefficient (Wildman–Crippen LogP) is -0.235. The number of carboxylic acids is 1. The van der Waals surface area contributed by atoms with Crippen molar-refractivity contribution < 1.29 is 14.7 Å². The van der Waals surface area contributed by atoms with Crippen molar-refractivity contribution >= 4 is 23.6 Å². The van der Waals surface area contributed by atoms with E-state index in [1.807, 2.05) is 13.8 Å². The number of amides is 1. The first-order valence-corrected chi connectivity index (χ1v) is 6.37. The number of hydrogen-bond acceptors (Lipinski definition) is 6. The molecule has 0 spiro atoms. The van der Waals surface area contributed by atoms with Crippen LogP contribution in [0.2, 0.25) is 0 Å². The Kier molecular flexibility index (Phi) is 5.56. The first-order chi connectivity index (χ1) is 8.49. The SMILES string of the molecule is CC(C)NC(=O)CCn1nnnc1SCC(=O)O. The molecule has 0 radical (unpaired) electrons. The van der Waals surface area contributed by atoms with Gasteiger partial charge in [0.2, 0.25) is 11.1 Å². The maximum Gasteiger partial charge on any atom is 0.313 e. The second-order valence-corrected chi connectivity index (χ2v) is 4.78. The van der Waals surface area contributed by atoms with Crippen LogP contribution >= 0.6 is 11.8 Å². The maximum atomic E-state index is 11.4. The summed E-state index contributed by atoms with van der Waals surface area (Å²) in [5, 5.41) is 22.6. The molecule has 0 aliphatic carbocycles. The van der Waals surface area contributed by atoms with Crippen LogP contribution in [0.5, 0.6) is 0 Å². The van der Waals surface area contributed by atoms with Crippen molar-refractivity contribution in [3.8, 4) is 0 Å². The van der Waals surface area contributed by atoms with Crippen molar-refractivity contribution in [3.05, 3.63) is 0 Å². The van der Waals surface area contributed by atoms with E-state index in [9.17, 15) is 9.59 Å². The normalized spacial score (nSPS) is 10.6. The topological polar surface area (TPSA) is 110 Å². The van der Waals surface area contributed by atoms with Gasteiger partial charge in [-0.1, -0.05) is 11.8 Å². The lowest BCUT2D eigenvalue weighted by Crippen LogP contribution is -2.30. The highest BCUT2D eigenvalue weighted by Gasteiger charge is 2.11. The van der Waals surface area contributed by atoms with E-state index >= 15 is 0 Å². The van der Waals surface area contributed by atoms with Gasteiger partial charge in [-0.25, -0.2) is 4.68 Å². The largest absolute Gasteiger partial charge is 0.481 e. The summed E-state index contributed by atoms with van der Waals surface area (Å²) in [6, 6.07) is 0.0900. The molecule has 1 amide bonds. The molecular weight excluding hydrogens is 258 g/mol. The molecule has 2 N–H and O–H groups in total. The van der Waals surface area contributed by atoms with Crippen LogP contribution in [0.4, 0.5) is 0 Å². The lowest BCUT2D eigenvalue weighted by Gasteiger charge is -2.08. The van der Waals surface area contributed by atoms with Crippen molar-refractivity contribution in [3.63, 3.8) is 0 Å². The van der Waals surface area contributed by atoms with Crippen LogP contribution in [0, 0.1) is 0 Å². The van der Waals surface area contributed by atoms with Gasteiger partial charge in [0.25, 0.3) is 0 Å². The van der Waals surface area contributed by atoms with Crippen molar-refractivity contribution in [2.45, 2.75) is 38.0 Å². The fraction of sp³-hybridized carbons (Fsp3) is 0.667. The molecule has 0 aliphatic heterocycles. The van der Waals surface area contributed by atoms with Crippen LogP contribution in [0.3, 0.4) is 0 Å². The number of aryl methyl sites for hydroxylation is 1. The summed E-state index contributed by atoms with van der Waals surface area (Å²) in [6.07, 6.45) is 0.254. The maximum absolute atomic E-state index is 11.4. The number of carbonyl (C=O) groups excluding carboxylic acids is 1. The van der Waals surface area contributed by atoms with E-state index in [1.165, 1.54) is 4.68 Å². The van der Waals surface area contributed by atoms with Gasteiger partial charge in [0.15, 0.2) is 0 Å². The Bertz CT molecular complexity index is 420. The molecule has 1 heterocycles. The summed E-state index contributed by atoms with van der Waals surface area (Å²) >= 11 is 1.02. The second-order valence-electron chi connectivity index (χ2n) is 3.84. The number of carboxylic acid groups (broad SMARTS) is 1. The van der Waals surface area contributed by atoms with E-state index in [-0.39, 0.29) is 24.1 Å². The van der Waals surface area contributed by atoms with Crippen molar-refractivity contribution in [1.29, 1.82) is 0 Å². The summed E-state index contributed by atoms with van der Waals surface area (Å²) in [5.41, 5.74) is 0. The molecule has 0 atom stereocenters. The number of tetrazole rings is 1. The number of hydrogen-bond donors (Lipinski definition) is 2. The third kappa shape index (κ3) is 5.13. The molecule has 0 aromatic carbocycles. The van der Waals surface area contributed by atoms with E-state index < -0.39 is 5.97 Å². The average molecular weight is 273 g/mol. The van der Waals surface area contributed by atoms with Gasteiger partial charge >= 0.3 is 5.97 Å². The summed E-state index contributed by atoms with van der Waals surface area (Å²) in [6.45, 7) is 4.08. The molecule has 0 fully saturated rings. The van der Waals surface area contributed by atoms with Crippen molar-refractivity contribution in [1.82, 2.24) is 25.5 Å². The van der Waals surface area contributed by atoms with Gasteiger partial charge in [-0.15, -0.1) is 5.10 Å². The molecule has 0 unspecified atom stereocenters. The molecule has 1 rings (SSSR count). The van der Waals surface area contributed by atoms with Gasteiger partial charge in [-0.3, -0.25) is 9.59 Å². The number of aliphatic carboxylic acids is 1. The molecule has 8 nitrogen and oxygen atoms in total. The molecule has 100 valence electrons. The summed E-state index contributed by atoms with van der Waals surface area (Å²) in [7, 11) is 0. The number of nitrogens with one attached hydrogen (secondary N) is 1. The number of thioether (sulfide) groups is 1. The van der Waals surface area contributed by atoms with Crippen LogP contribution in [0.1, 0.15) is 20.3 Å². The predicted molar refractivity (Wildman–Crippen MR) is 64.1 cm³/mol. The minimum Gasteiger partial charge on any atom is -0.481 e. The van der Waals surface area contributed by atoms with Crippen LogP contribution in [-0.4, -0.2) is 49.0 Å². The van der Waals surface area contributed by atoms with Gasteiger partial charge in [0, 0.05) is 12.5 Å². The van der Waals surface area contributed by atoms with E-state index in [1.54, 1.807) is 0 Å². The van der Waals surface area contributed by atoms with Crippen LogP contribution in [0.15, 0.2) is 5.16 Å². The fourth-order valence-corrected chi connectivity index (χ4v) is 1.79. The summed E-state index contributed by atoms with van der Waals surface area (Å²) in [4.78, 5) is 21.9. The number of rotatable bonds is 7. The Morgan fingerprint density at radius 2 is 2.22 bits per heavy atom. The Morgan fingerprint density at radius 3 is 2.83 bits per heavy atom. The van der Waals surface area contributed by atoms with Crippen LogP contribution in [-0.2, 0) is 16.1 Å².